The van der Waals surface area contributed by atoms with Gasteiger partial charge >= 0.3 is 0 Å². The molecule has 0 unspecified atom stereocenters. The van der Waals surface area contributed by atoms with Crippen LogP contribution >= 0.6 is 0 Å². The first kappa shape index (κ1) is 21.3. The van der Waals surface area contributed by atoms with Crippen LogP contribution in [-0.4, -0.2) is 49.0 Å². The maximum Gasteiger partial charge on any atom is 0.293 e. The van der Waals surface area contributed by atoms with Crippen LogP contribution in [0.3, 0.4) is 0 Å². The molecule has 10 heteroatoms. The molecule has 2 N–H and O–H groups in total. The molecule has 3 rings (SSSR count). The van der Waals surface area contributed by atoms with Crippen molar-refractivity contribution in [2.45, 2.75) is 30.6 Å². The smallest absolute Gasteiger partial charge is 0.293 e. The predicted octanol–water partition coefficient (Wildman–Crippen LogP) is 2.63. The Morgan fingerprint density at radius 3 is 2.62 bits per heavy atom. The second-order valence-electron chi connectivity index (χ2n) is 7.11. The molecule has 0 aliphatic carbocycles. The number of nitrogens with zero attached hydrogens (tertiary/aromatic N) is 2. The number of furan rings is 1. The topological polar surface area (TPSA) is 126 Å². The highest BCUT2D eigenvalue weighted by Gasteiger charge is 2.28. The van der Waals surface area contributed by atoms with Crippen molar-refractivity contribution in [3.63, 3.8) is 0 Å². The molecular formula is C19H25N3O6S. The van der Waals surface area contributed by atoms with E-state index in [9.17, 15) is 23.6 Å². The van der Waals surface area contributed by atoms with Crippen molar-refractivity contribution in [2.75, 3.05) is 31.6 Å². The normalized spacial score (nSPS) is 16.4. The molecule has 158 valence electrons. The third-order valence-corrected chi connectivity index (χ3v) is 6.92. The molecule has 0 saturated carbocycles. The molecule has 0 amide bonds. The fraction of sp³-hybridized carbons (Fsp3) is 0.474. The van der Waals surface area contributed by atoms with Gasteiger partial charge in [0.2, 0.25) is 10.0 Å². The third kappa shape index (κ3) is 5.14. The van der Waals surface area contributed by atoms with Gasteiger partial charge < -0.3 is 14.8 Å². The Hall–Kier alpha value is -2.43. The van der Waals surface area contributed by atoms with Gasteiger partial charge in [-0.2, -0.15) is 4.31 Å². The number of nitrogens with one attached hydrogen (secondary N) is 1. The molecule has 2 heterocycles. The van der Waals surface area contributed by atoms with Crippen molar-refractivity contribution in [1.82, 2.24) is 4.31 Å². The molecule has 0 bridgehead atoms. The second-order valence-corrected chi connectivity index (χ2v) is 9.05. The number of aliphatic hydroxyl groups excluding tert-OH is 1. The molecule has 9 nitrogen and oxygen atoms in total. The number of hydrogen-bond donors (Lipinski definition) is 2. The zero-order valence-electron chi connectivity index (χ0n) is 16.0. The molecule has 1 aromatic carbocycles. The number of hydrogen-bond acceptors (Lipinski definition) is 7. The predicted molar refractivity (Wildman–Crippen MR) is 107 cm³/mol. The Kier molecular flexibility index (Phi) is 6.88. The highest BCUT2D eigenvalue weighted by molar-refractivity contribution is 7.89. The highest BCUT2D eigenvalue weighted by Crippen LogP contribution is 2.30. The molecule has 1 saturated heterocycles. The van der Waals surface area contributed by atoms with E-state index >= 15 is 0 Å². The zero-order valence-corrected chi connectivity index (χ0v) is 16.8. The summed E-state index contributed by atoms with van der Waals surface area (Å²) < 4.78 is 32.3. The number of aliphatic hydroxyl groups is 1. The highest BCUT2D eigenvalue weighted by atomic mass is 32.2. The van der Waals surface area contributed by atoms with Crippen LogP contribution in [0.15, 0.2) is 45.9 Å². The molecule has 0 spiro atoms. The Morgan fingerprint density at radius 2 is 2.00 bits per heavy atom. The third-order valence-electron chi connectivity index (χ3n) is 5.03. The van der Waals surface area contributed by atoms with Gasteiger partial charge in [0.15, 0.2) is 0 Å². The van der Waals surface area contributed by atoms with Gasteiger partial charge in [-0.1, -0.05) is 6.42 Å². The van der Waals surface area contributed by atoms with Crippen molar-refractivity contribution in [3.05, 3.63) is 52.5 Å². The summed E-state index contributed by atoms with van der Waals surface area (Å²) in [5.74, 6) is 0.501. The van der Waals surface area contributed by atoms with Crippen LogP contribution in [-0.2, 0) is 16.4 Å². The molecule has 1 aromatic heterocycles. The maximum atomic E-state index is 12.8. The van der Waals surface area contributed by atoms with E-state index in [4.69, 9.17) is 4.42 Å². The van der Waals surface area contributed by atoms with E-state index in [1.807, 2.05) is 0 Å². The first-order valence-corrected chi connectivity index (χ1v) is 11.0. The van der Waals surface area contributed by atoms with Crippen LogP contribution in [0, 0.1) is 16.0 Å². The van der Waals surface area contributed by atoms with Crippen LogP contribution < -0.4 is 5.32 Å². The maximum absolute atomic E-state index is 12.8. The van der Waals surface area contributed by atoms with Crippen molar-refractivity contribution >= 4 is 21.4 Å². The van der Waals surface area contributed by atoms with E-state index in [0.29, 0.717) is 25.3 Å². The van der Waals surface area contributed by atoms with E-state index < -0.39 is 14.9 Å². The summed E-state index contributed by atoms with van der Waals surface area (Å²) in [5, 5.41) is 24.1. The van der Waals surface area contributed by atoms with Crippen LogP contribution in [0.25, 0.3) is 0 Å². The van der Waals surface area contributed by atoms with Gasteiger partial charge in [0.25, 0.3) is 5.69 Å². The first-order valence-electron chi connectivity index (χ1n) is 9.57. The number of nitro benzene ring substituents is 1. The summed E-state index contributed by atoms with van der Waals surface area (Å²) >= 11 is 0. The number of nitro groups is 1. The molecule has 1 fully saturated rings. The quantitative estimate of drug-likeness (QED) is 0.469. The van der Waals surface area contributed by atoms with Crippen LogP contribution in [0.1, 0.15) is 25.0 Å². The largest absolute Gasteiger partial charge is 0.469 e. The minimum Gasteiger partial charge on any atom is -0.469 e. The fourth-order valence-electron chi connectivity index (χ4n) is 3.40. The molecule has 1 aliphatic heterocycles. The summed E-state index contributed by atoms with van der Waals surface area (Å²) in [6.07, 6.45) is 4.59. The van der Waals surface area contributed by atoms with E-state index in [1.165, 1.54) is 16.4 Å². The average molecular weight is 423 g/mol. The van der Waals surface area contributed by atoms with E-state index in [2.05, 4.69) is 5.32 Å². The zero-order chi connectivity index (χ0) is 20.9. The lowest BCUT2D eigenvalue weighted by molar-refractivity contribution is -0.384. The van der Waals surface area contributed by atoms with Gasteiger partial charge in [-0.25, -0.2) is 8.42 Å². The summed E-state index contributed by atoms with van der Waals surface area (Å²) in [4.78, 5) is 10.9. The molecule has 1 atom stereocenters. The Morgan fingerprint density at radius 1 is 1.24 bits per heavy atom. The van der Waals surface area contributed by atoms with Gasteiger partial charge in [0.1, 0.15) is 11.4 Å². The van der Waals surface area contributed by atoms with Gasteiger partial charge in [-0.05, 0) is 37.1 Å². The number of benzene rings is 1. The van der Waals surface area contributed by atoms with Gasteiger partial charge in [0, 0.05) is 44.6 Å². The van der Waals surface area contributed by atoms with Crippen LogP contribution in [0.5, 0.6) is 0 Å². The SMILES string of the molecule is O=[N+]([O-])c1cc(S(=O)(=O)N2CCCCC2)ccc1NC[C@H](CO)Cc1ccco1. The first-order chi connectivity index (χ1) is 13.9. The molecule has 0 radical (unpaired) electrons. The summed E-state index contributed by atoms with van der Waals surface area (Å²) in [7, 11) is -3.76. The molecule has 2 aromatic rings. The lowest BCUT2D eigenvalue weighted by atomic mass is 10.0. The Bertz CT molecular complexity index is 923. The van der Waals surface area contributed by atoms with Crippen molar-refractivity contribution in [2.24, 2.45) is 5.92 Å². The lowest BCUT2D eigenvalue weighted by Gasteiger charge is -2.25. The fourth-order valence-corrected chi connectivity index (χ4v) is 4.93. The summed E-state index contributed by atoms with van der Waals surface area (Å²) in [5.41, 5.74) is -0.0942. The van der Waals surface area contributed by atoms with E-state index in [-0.39, 0.29) is 35.3 Å². The van der Waals surface area contributed by atoms with Crippen molar-refractivity contribution in [3.8, 4) is 0 Å². The van der Waals surface area contributed by atoms with E-state index in [1.54, 1.807) is 18.4 Å². The van der Waals surface area contributed by atoms with Gasteiger partial charge in [0.05, 0.1) is 16.1 Å². The minimum absolute atomic E-state index is 0.0778. The minimum atomic E-state index is -3.76. The number of sulfonamides is 1. The number of piperidine rings is 1. The Labute approximate surface area is 169 Å². The summed E-state index contributed by atoms with van der Waals surface area (Å²) in [6, 6.07) is 7.46. The van der Waals surface area contributed by atoms with Gasteiger partial charge in [-0.15, -0.1) is 0 Å². The van der Waals surface area contributed by atoms with Crippen molar-refractivity contribution in [1.29, 1.82) is 0 Å². The standard InChI is InChI=1S/C19H25N3O6S/c23-14-15(11-16-5-4-10-28-16)13-20-18-7-6-17(12-19(18)22(24)25)29(26,27)21-8-2-1-3-9-21/h4-7,10,12,15,20,23H,1-3,8-9,11,13-14H2/t15-/m1/s1. The molecular weight excluding hydrogens is 398 g/mol. The Balaban J connectivity index is 1.76. The monoisotopic (exact) mass is 423 g/mol. The van der Waals surface area contributed by atoms with Crippen LogP contribution in [0.2, 0.25) is 0 Å². The van der Waals surface area contributed by atoms with Gasteiger partial charge in [-0.3, -0.25) is 10.1 Å². The summed E-state index contributed by atoms with van der Waals surface area (Å²) in [6.45, 7) is 1.02. The molecule has 1 aliphatic rings. The number of anilines is 1. The number of rotatable bonds is 9. The molecule has 29 heavy (non-hydrogen) atoms. The average Bonchev–Trinajstić information content (AvgIpc) is 3.24. The van der Waals surface area contributed by atoms with Crippen LogP contribution in [0.4, 0.5) is 11.4 Å². The van der Waals surface area contributed by atoms with E-state index in [0.717, 1.165) is 25.3 Å². The lowest BCUT2D eigenvalue weighted by Crippen LogP contribution is -2.35. The second kappa shape index (κ2) is 9.38. The van der Waals surface area contributed by atoms with Crippen molar-refractivity contribution < 1.29 is 22.9 Å².